The molecule has 0 aliphatic rings. The molecule has 4 heteroatoms. The Bertz CT molecular complexity index is 1170. The second kappa shape index (κ2) is 11.6. The lowest BCUT2D eigenvalue weighted by Crippen LogP contribution is -2.21. The monoisotopic (exact) mass is 560 g/mol. The molecule has 40 heavy (non-hydrogen) atoms. The van der Waals surface area contributed by atoms with Crippen LogP contribution in [0.3, 0.4) is 0 Å². The van der Waals surface area contributed by atoms with E-state index in [1.807, 2.05) is 30.3 Å². The highest BCUT2D eigenvalue weighted by molar-refractivity contribution is 7.43. The quantitative estimate of drug-likeness (QED) is 0.269. The first-order valence-corrected chi connectivity index (χ1v) is 15.3. The van der Waals surface area contributed by atoms with Crippen molar-refractivity contribution in [1.82, 2.24) is 0 Å². The third-order valence-corrected chi connectivity index (χ3v) is 7.91. The molecule has 0 spiro atoms. The number of hydrogen-bond donors (Lipinski definition) is 0. The van der Waals surface area contributed by atoms with Gasteiger partial charge in [0.1, 0.15) is 17.2 Å². The molecule has 3 aromatic rings. The number of hydrogen-bond acceptors (Lipinski definition) is 3. The maximum atomic E-state index is 6.93. The van der Waals surface area contributed by atoms with Crippen molar-refractivity contribution in [3.8, 4) is 17.2 Å². The molecule has 0 saturated carbocycles. The molecule has 0 heterocycles. The molecule has 0 unspecified atom stereocenters. The molecule has 0 aliphatic carbocycles. The summed E-state index contributed by atoms with van der Waals surface area (Å²) in [7, 11) is -1.88. The molecule has 216 valence electrons. The molecule has 0 aromatic heterocycles. The van der Waals surface area contributed by atoms with Crippen molar-refractivity contribution in [2.75, 3.05) is 0 Å². The molecular weight excluding hydrogens is 511 g/mol. The van der Waals surface area contributed by atoms with E-state index >= 15 is 0 Å². The average molecular weight is 561 g/mol. The summed E-state index contributed by atoms with van der Waals surface area (Å²) in [4.78, 5) is 0. The zero-order chi connectivity index (χ0) is 30.1. The van der Waals surface area contributed by atoms with Gasteiger partial charge in [-0.3, -0.25) is 0 Å². The summed E-state index contributed by atoms with van der Waals surface area (Å²) >= 11 is 0. The van der Waals surface area contributed by atoms with Gasteiger partial charge in [0.2, 0.25) is 0 Å². The predicted molar refractivity (Wildman–Crippen MR) is 173 cm³/mol. The molecule has 0 radical (unpaired) electrons. The molecule has 0 aliphatic heterocycles. The Labute approximate surface area is 245 Å². The van der Waals surface area contributed by atoms with Crippen LogP contribution >= 0.6 is 8.60 Å². The van der Waals surface area contributed by atoms with Gasteiger partial charge < -0.3 is 13.6 Å². The summed E-state index contributed by atoms with van der Waals surface area (Å²) in [6.07, 6.45) is 1.82. The number of benzene rings is 3. The second-order valence-electron chi connectivity index (χ2n) is 14.6. The minimum atomic E-state index is -1.88. The second-order valence-corrected chi connectivity index (χ2v) is 15.6. The molecule has 3 nitrogen and oxygen atoms in total. The molecule has 0 atom stereocenters. The van der Waals surface area contributed by atoms with Gasteiger partial charge in [-0.25, -0.2) is 0 Å². The minimum absolute atomic E-state index is 0.136. The summed E-state index contributed by atoms with van der Waals surface area (Å²) in [6.45, 7) is 30.5. The lowest BCUT2D eigenvalue weighted by Gasteiger charge is -2.32. The van der Waals surface area contributed by atoms with Crippen molar-refractivity contribution in [2.24, 2.45) is 0 Å². The largest absolute Gasteiger partial charge is 0.530 e. The fraction of sp³-hybridized carbons (Fsp3) is 0.444. The summed E-state index contributed by atoms with van der Waals surface area (Å²) in [5.41, 5.74) is 4.99. The number of rotatable bonds is 7. The van der Waals surface area contributed by atoms with E-state index in [-0.39, 0.29) is 21.7 Å². The summed E-state index contributed by atoms with van der Waals surface area (Å²) < 4.78 is 20.4. The van der Waals surface area contributed by atoms with E-state index in [1.165, 1.54) is 0 Å². The molecule has 3 rings (SSSR count). The van der Waals surface area contributed by atoms with Crippen LogP contribution in [0.5, 0.6) is 17.2 Å². The van der Waals surface area contributed by atoms with Crippen molar-refractivity contribution >= 4 is 14.7 Å². The molecule has 3 aromatic carbocycles. The molecule has 0 saturated heterocycles. The lowest BCUT2D eigenvalue weighted by atomic mass is 9.79. The van der Waals surface area contributed by atoms with E-state index in [4.69, 9.17) is 13.6 Å². The van der Waals surface area contributed by atoms with E-state index in [0.717, 1.165) is 39.3 Å². The Kier molecular flexibility index (Phi) is 9.22. The van der Waals surface area contributed by atoms with Gasteiger partial charge in [-0.15, -0.1) is 0 Å². The molecule has 0 amide bonds. The first kappa shape index (κ1) is 31.8. The smallest absolute Gasteiger partial charge is 0.409 e. The van der Waals surface area contributed by atoms with Gasteiger partial charge in [0, 0.05) is 22.3 Å². The SMILES string of the molecule is C=Cc1ccc(OP(Oc2c(C(C)(C)C)cccc2C(C)(C)C)Oc2c(C(C)(C)C)cccc2C(C)(C)C)cc1. The van der Waals surface area contributed by atoms with Crippen LogP contribution in [0.1, 0.15) is 111 Å². The van der Waals surface area contributed by atoms with Gasteiger partial charge in [-0.05, 0) is 39.4 Å². The molecule has 0 bridgehead atoms. The van der Waals surface area contributed by atoms with Crippen molar-refractivity contribution in [3.05, 3.63) is 95.1 Å². The van der Waals surface area contributed by atoms with Gasteiger partial charge in [0.15, 0.2) is 0 Å². The van der Waals surface area contributed by atoms with Crippen molar-refractivity contribution < 1.29 is 13.6 Å². The Morgan fingerprint density at radius 2 is 0.825 bits per heavy atom. The fourth-order valence-electron chi connectivity index (χ4n) is 4.59. The van der Waals surface area contributed by atoms with Crippen LogP contribution in [0.4, 0.5) is 0 Å². The zero-order valence-corrected chi connectivity index (χ0v) is 27.6. The third kappa shape index (κ3) is 7.70. The summed E-state index contributed by atoms with van der Waals surface area (Å²) in [5, 5.41) is 0. The van der Waals surface area contributed by atoms with Gasteiger partial charge in [0.25, 0.3) is 0 Å². The molecule has 0 fully saturated rings. The molecule has 0 N–H and O–H groups in total. The van der Waals surface area contributed by atoms with E-state index in [1.54, 1.807) is 0 Å². The first-order valence-electron chi connectivity index (χ1n) is 14.2. The molecular formula is C36H49O3P. The maximum absolute atomic E-state index is 6.93. The summed E-state index contributed by atoms with van der Waals surface area (Å²) in [6, 6.07) is 20.7. The van der Waals surface area contributed by atoms with Crippen LogP contribution in [0.2, 0.25) is 0 Å². The van der Waals surface area contributed by atoms with Crippen molar-refractivity contribution in [1.29, 1.82) is 0 Å². The van der Waals surface area contributed by atoms with Gasteiger partial charge in [-0.1, -0.05) is 144 Å². The van der Waals surface area contributed by atoms with Crippen molar-refractivity contribution in [2.45, 2.75) is 105 Å². The van der Waals surface area contributed by atoms with Crippen LogP contribution in [0.25, 0.3) is 6.08 Å². The Morgan fingerprint density at radius 3 is 1.10 bits per heavy atom. The van der Waals surface area contributed by atoms with E-state index in [9.17, 15) is 0 Å². The third-order valence-electron chi connectivity index (χ3n) is 6.89. The summed E-state index contributed by atoms with van der Waals surface area (Å²) in [5.74, 6) is 2.36. The number of para-hydroxylation sites is 2. The Balaban J connectivity index is 2.23. The Morgan fingerprint density at radius 1 is 0.500 bits per heavy atom. The topological polar surface area (TPSA) is 27.7 Å². The van der Waals surface area contributed by atoms with Crippen LogP contribution in [-0.2, 0) is 21.7 Å². The first-order chi connectivity index (χ1) is 18.3. The van der Waals surface area contributed by atoms with Crippen molar-refractivity contribution in [3.63, 3.8) is 0 Å². The van der Waals surface area contributed by atoms with Crippen LogP contribution < -0.4 is 13.6 Å². The van der Waals surface area contributed by atoms with Gasteiger partial charge in [-0.2, -0.15) is 0 Å². The fourth-order valence-corrected chi connectivity index (χ4v) is 5.69. The van der Waals surface area contributed by atoms with E-state index in [2.05, 4.69) is 126 Å². The van der Waals surface area contributed by atoms with E-state index in [0.29, 0.717) is 5.75 Å². The standard InChI is InChI=1S/C36H49O3P/c1-14-25-21-23-26(24-22-25)37-40(38-31-27(33(2,3)4)17-15-18-28(31)34(5,6)7)39-32-29(35(8,9)10)19-16-20-30(32)36(11,12)13/h14-24H,1H2,2-13H3. The zero-order valence-electron chi connectivity index (χ0n) is 26.7. The van der Waals surface area contributed by atoms with Gasteiger partial charge in [0.05, 0.1) is 0 Å². The highest BCUT2D eigenvalue weighted by atomic mass is 31.2. The van der Waals surface area contributed by atoms with Crippen LogP contribution in [0.15, 0.2) is 67.2 Å². The lowest BCUT2D eigenvalue weighted by molar-refractivity contribution is 0.366. The minimum Gasteiger partial charge on any atom is -0.409 e. The average Bonchev–Trinajstić information content (AvgIpc) is 2.82. The van der Waals surface area contributed by atoms with E-state index < -0.39 is 8.60 Å². The Hall–Kier alpha value is -2.77. The van der Waals surface area contributed by atoms with Crippen LogP contribution in [-0.4, -0.2) is 0 Å². The highest BCUT2D eigenvalue weighted by Gasteiger charge is 2.34. The maximum Gasteiger partial charge on any atom is 0.530 e. The predicted octanol–water partition coefficient (Wildman–Crippen LogP) is 11.3. The normalized spacial score (nSPS) is 12.8. The van der Waals surface area contributed by atoms with Gasteiger partial charge >= 0.3 is 8.60 Å². The van der Waals surface area contributed by atoms with Crippen LogP contribution in [0, 0.1) is 0 Å². The highest BCUT2D eigenvalue weighted by Crippen LogP contribution is 2.51.